The molecule has 0 spiro atoms. The van der Waals surface area contributed by atoms with Crippen LogP contribution in [0.1, 0.15) is 0 Å². The topological polar surface area (TPSA) is 78.1 Å². The molecule has 0 fully saturated rings. The van der Waals surface area contributed by atoms with E-state index in [0.29, 0.717) is 11.4 Å². The quantitative estimate of drug-likeness (QED) is 0.688. The van der Waals surface area contributed by atoms with Crippen LogP contribution in [0.5, 0.6) is 0 Å². The van der Waals surface area contributed by atoms with Crippen LogP contribution in [0.15, 0.2) is 34.9 Å². The molecule has 0 unspecified atom stereocenters. The Kier molecular flexibility index (Phi) is 1.66. The van der Waals surface area contributed by atoms with Gasteiger partial charge in [0, 0.05) is 0 Å². The van der Waals surface area contributed by atoms with Gasteiger partial charge in [-0.15, -0.1) is 0 Å². The van der Waals surface area contributed by atoms with Gasteiger partial charge in [0.1, 0.15) is 0 Å². The van der Waals surface area contributed by atoms with Crippen molar-refractivity contribution in [3.05, 3.63) is 30.3 Å². The van der Waals surface area contributed by atoms with Gasteiger partial charge in [-0.2, -0.15) is 0 Å². The summed E-state index contributed by atoms with van der Waals surface area (Å²) >= 11 is 0. The minimum Gasteiger partial charge on any atom is -0.380 e. The van der Waals surface area contributed by atoms with Crippen LogP contribution in [0, 0.1) is 0 Å². The lowest BCUT2D eigenvalue weighted by Crippen LogP contribution is -1.90. The zero-order valence-corrected chi connectivity index (χ0v) is 6.90. The van der Waals surface area contributed by atoms with E-state index in [-0.39, 0.29) is 5.88 Å². The van der Waals surface area contributed by atoms with Gasteiger partial charge in [-0.1, -0.05) is 35.5 Å². The fraction of sp³-hybridized carbons (Fsp3) is 0. The average Bonchev–Trinajstić information content (AvgIpc) is 2.48. The summed E-state index contributed by atoms with van der Waals surface area (Å²) in [5.41, 5.74) is 12.7. The van der Waals surface area contributed by atoms with Gasteiger partial charge < -0.3 is 16.0 Å². The Morgan fingerprint density at radius 1 is 1.08 bits per heavy atom. The molecular formula is C9H9N3O. The molecule has 0 bridgehead atoms. The van der Waals surface area contributed by atoms with Crippen molar-refractivity contribution in [3.63, 3.8) is 0 Å². The molecule has 0 saturated carbocycles. The van der Waals surface area contributed by atoms with Crippen molar-refractivity contribution in [2.24, 2.45) is 0 Å². The normalized spacial score (nSPS) is 10.2. The number of nitrogens with two attached hydrogens (primary N) is 2. The third-order valence-electron chi connectivity index (χ3n) is 1.81. The lowest BCUT2D eigenvalue weighted by Gasteiger charge is -1.97. The molecule has 0 saturated heterocycles. The van der Waals surface area contributed by atoms with Crippen molar-refractivity contribution >= 4 is 11.7 Å². The van der Waals surface area contributed by atoms with Gasteiger partial charge in [0.15, 0.2) is 5.82 Å². The van der Waals surface area contributed by atoms with Crippen molar-refractivity contribution in [1.29, 1.82) is 0 Å². The van der Waals surface area contributed by atoms with Crippen molar-refractivity contribution in [1.82, 2.24) is 5.16 Å². The number of hydrogen-bond donors (Lipinski definition) is 2. The fourth-order valence-electron chi connectivity index (χ4n) is 1.21. The first kappa shape index (κ1) is 7.67. The second kappa shape index (κ2) is 2.82. The van der Waals surface area contributed by atoms with Gasteiger partial charge in [0.05, 0.1) is 5.56 Å². The maximum absolute atomic E-state index is 5.59. The Morgan fingerprint density at radius 3 is 2.31 bits per heavy atom. The van der Waals surface area contributed by atoms with Crippen LogP contribution < -0.4 is 11.5 Å². The van der Waals surface area contributed by atoms with E-state index in [1.807, 2.05) is 30.3 Å². The Labute approximate surface area is 75.1 Å². The number of nitrogen functional groups attached to an aromatic ring is 2. The lowest BCUT2D eigenvalue weighted by atomic mass is 10.1. The summed E-state index contributed by atoms with van der Waals surface area (Å²) in [7, 11) is 0. The maximum Gasteiger partial charge on any atom is 0.232 e. The molecule has 13 heavy (non-hydrogen) atoms. The Morgan fingerprint density at radius 2 is 1.77 bits per heavy atom. The Hall–Kier alpha value is -1.97. The third kappa shape index (κ3) is 1.22. The molecule has 4 heteroatoms. The van der Waals surface area contributed by atoms with Crippen LogP contribution >= 0.6 is 0 Å². The highest BCUT2D eigenvalue weighted by atomic mass is 16.5. The third-order valence-corrected chi connectivity index (χ3v) is 1.81. The van der Waals surface area contributed by atoms with E-state index in [2.05, 4.69) is 5.16 Å². The van der Waals surface area contributed by atoms with E-state index in [4.69, 9.17) is 16.0 Å². The Bertz CT molecular complexity index is 389. The molecule has 1 heterocycles. The molecule has 0 amide bonds. The van der Waals surface area contributed by atoms with Crippen LogP contribution in [-0.2, 0) is 0 Å². The molecule has 2 rings (SSSR count). The van der Waals surface area contributed by atoms with Crippen LogP contribution in [0.4, 0.5) is 11.7 Å². The SMILES string of the molecule is Nc1noc(N)c1-c1ccccc1. The first-order chi connectivity index (χ1) is 6.29. The first-order valence-electron chi connectivity index (χ1n) is 3.85. The average molecular weight is 175 g/mol. The molecule has 0 aliphatic heterocycles. The number of benzene rings is 1. The van der Waals surface area contributed by atoms with Crippen molar-refractivity contribution < 1.29 is 4.52 Å². The largest absolute Gasteiger partial charge is 0.380 e. The summed E-state index contributed by atoms with van der Waals surface area (Å²) in [6, 6.07) is 9.53. The van der Waals surface area contributed by atoms with Crippen molar-refractivity contribution in [2.75, 3.05) is 11.5 Å². The van der Waals surface area contributed by atoms with E-state index in [1.165, 1.54) is 0 Å². The number of hydrogen-bond acceptors (Lipinski definition) is 4. The number of rotatable bonds is 1. The first-order valence-corrected chi connectivity index (χ1v) is 3.85. The summed E-state index contributed by atoms with van der Waals surface area (Å²) in [6.07, 6.45) is 0. The molecule has 0 aliphatic carbocycles. The second-order valence-corrected chi connectivity index (χ2v) is 2.67. The maximum atomic E-state index is 5.59. The highest BCUT2D eigenvalue weighted by Crippen LogP contribution is 2.30. The minimum absolute atomic E-state index is 0.253. The van der Waals surface area contributed by atoms with Gasteiger partial charge in [0.2, 0.25) is 5.88 Å². The molecule has 66 valence electrons. The zero-order valence-electron chi connectivity index (χ0n) is 6.90. The van der Waals surface area contributed by atoms with Gasteiger partial charge in [0.25, 0.3) is 0 Å². The molecule has 0 atom stereocenters. The van der Waals surface area contributed by atoms with E-state index in [0.717, 1.165) is 5.56 Å². The number of aromatic nitrogens is 1. The molecule has 0 radical (unpaired) electrons. The zero-order chi connectivity index (χ0) is 9.26. The molecule has 4 nitrogen and oxygen atoms in total. The number of nitrogens with zero attached hydrogens (tertiary/aromatic N) is 1. The van der Waals surface area contributed by atoms with E-state index < -0.39 is 0 Å². The summed E-state index contributed by atoms with van der Waals surface area (Å²) in [4.78, 5) is 0. The van der Waals surface area contributed by atoms with Crippen LogP contribution in [0.2, 0.25) is 0 Å². The van der Waals surface area contributed by atoms with Gasteiger partial charge in [-0.05, 0) is 5.56 Å². The van der Waals surface area contributed by atoms with Crippen LogP contribution in [0.25, 0.3) is 11.1 Å². The summed E-state index contributed by atoms with van der Waals surface area (Å²) in [5, 5.41) is 3.57. The number of anilines is 2. The van der Waals surface area contributed by atoms with Crippen LogP contribution in [-0.4, -0.2) is 5.16 Å². The molecule has 1 aromatic heterocycles. The van der Waals surface area contributed by atoms with Gasteiger partial charge >= 0.3 is 0 Å². The highest BCUT2D eigenvalue weighted by molar-refractivity contribution is 5.81. The predicted octanol–water partition coefficient (Wildman–Crippen LogP) is 1.51. The summed E-state index contributed by atoms with van der Waals surface area (Å²) in [6.45, 7) is 0. The highest BCUT2D eigenvalue weighted by Gasteiger charge is 2.11. The molecule has 4 N–H and O–H groups in total. The molecule has 2 aromatic rings. The van der Waals surface area contributed by atoms with E-state index in [9.17, 15) is 0 Å². The summed E-state index contributed by atoms with van der Waals surface area (Å²) in [5.74, 6) is 0.576. The second-order valence-electron chi connectivity index (χ2n) is 2.67. The van der Waals surface area contributed by atoms with Gasteiger partial charge in [-0.3, -0.25) is 0 Å². The van der Waals surface area contributed by atoms with Crippen molar-refractivity contribution in [2.45, 2.75) is 0 Å². The lowest BCUT2D eigenvalue weighted by molar-refractivity contribution is 0.440. The molecule has 0 aliphatic rings. The standard InChI is InChI=1S/C9H9N3O/c10-8-7(9(11)13-12-8)6-4-2-1-3-5-6/h1-5H,11H2,(H2,10,12). The van der Waals surface area contributed by atoms with Crippen LogP contribution in [0.3, 0.4) is 0 Å². The molecular weight excluding hydrogens is 166 g/mol. The smallest absolute Gasteiger partial charge is 0.232 e. The monoisotopic (exact) mass is 175 g/mol. The summed E-state index contributed by atoms with van der Waals surface area (Å²) < 4.78 is 4.75. The fourth-order valence-corrected chi connectivity index (χ4v) is 1.21. The van der Waals surface area contributed by atoms with Gasteiger partial charge in [-0.25, -0.2) is 0 Å². The van der Waals surface area contributed by atoms with Crippen molar-refractivity contribution in [3.8, 4) is 11.1 Å². The molecule has 1 aromatic carbocycles. The minimum atomic E-state index is 0.253. The Balaban J connectivity index is 2.59. The predicted molar refractivity (Wildman–Crippen MR) is 50.8 cm³/mol. The van der Waals surface area contributed by atoms with E-state index in [1.54, 1.807) is 0 Å². The van der Waals surface area contributed by atoms with E-state index >= 15 is 0 Å².